The molecule has 0 bridgehead atoms. The van der Waals surface area contributed by atoms with Crippen LogP contribution in [0, 0.1) is 12.8 Å². The van der Waals surface area contributed by atoms with Crippen LogP contribution in [0.25, 0.3) is 0 Å². The number of hydrogen-bond donors (Lipinski definition) is 3. The lowest BCUT2D eigenvalue weighted by molar-refractivity contribution is -0.000857. The summed E-state index contributed by atoms with van der Waals surface area (Å²) in [5.74, 6) is 1.40. The van der Waals surface area contributed by atoms with Gasteiger partial charge in [-0.15, -0.1) is 0 Å². The van der Waals surface area contributed by atoms with Gasteiger partial charge in [-0.3, -0.25) is 4.68 Å². The number of rotatable bonds is 3. The van der Waals surface area contributed by atoms with Gasteiger partial charge in [0.15, 0.2) is 0 Å². The van der Waals surface area contributed by atoms with Gasteiger partial charge in [0.05, 0.1) is 17.0 Å². The largest absolute Gasteiger partial charge is 0.394 e. The zero-order chi connectivity index (χ0) is 13.3. The minimum Gasteiger partial charge on any atom is -0.394 e. The van der Waals surface area contributed by atoms with Crippen LogP contribution in [0.5, 0.6) is 0 Å². The highest BCUT2D eigenvalue weighted by molar-refractivity contribution is 5.64. The fraction of sp³-hybridized carbons (Fsp3) is 0.769. The van der Waals surface area contributed by atoms with Gasteiger partial charge in [0.25, 0.3) is 0 Å². The first-order chi connectivity index (χ1) is 8.41. The van der Waals surface area contributed by atoms with E-state index < -0.39 is 5.60 Å². The van der Waals surface area contributed by atoms with E-state index in [9.17, 15) is 5.11 Å². The van der Waals surface area contributed by atoms with Crippen molar-refractivity contribution in [2.45, 2.75) is 45.1 Å². The monoisotopic (exact) mass is 252 g/mol. The van der Waals surface area contributed by atoms with E-state index in [4.69, 9.17) is 5.73 Å². The molecular formula is C13H24N4O. The van der Waals surface area contributed by atoms with Crippen LogP contribution in [0.2, 0.25) is 0 Å². The molecule has 1 saturated carbocycles. The zero-order valence-electron chi connectivity index (χ0n) is 11.5. The molecule has 1 aliphatic carbocycles. The molecule has 0 saturated heterocycles. The highest BCUT2D eigenvalue weighted by Crippen LogP contribution is 2.33. The second kappa shape index (κ2) is 4.80. The van der Waals surface area contributed by atoms with Crippen molar-refractivity contribution in [3.8, 4) is 0 Å². The molecule has 2 atom stereocenters. The van der Waals surface area contributed by atoms with E-state index in [0.717, 1.165) is 30.8 Å². The molecule has 18 heavy (non-hydrogen) atoms. The molecule has 1 aliphatic rings. The average molecular weight is 252 g/mol. The molecule has 1 aromatic rings. The molecule has 0 aliphatic heterocycles. The highest BCUT2D eigenvalue weighted by Gasteiger charge is 2.32. The summed E-state index contributed by atoms with van der Waals surface area (Å²) in [4.78, 5) is 0. The smallest absolute Gasteiger partial charge is 0.147 e. The van der Waals surface area contributed by atoms with Crippen molar-refractivity contribution < 1.29 is 5.11 Å². The van der Waals surface area contributed by atoms with E-state index in [2.05, 4.69) is 17.3 Å². The van der Waals surface area contributed by atoms with Crippen molar-refractivity contribution in [2.75, 3.05) is 17.6 Å². The van der Waals surface area contributed by atoms with Gasteiger partial charge >= 0.3 is 0 Å². The van der Waals surface area contributed by atoms with E-state index in [0.29, 0.717) is 18.2 Å². The Hall–Kier alpha value is -1.23. The molecule has 1 aromatic heterocycles. The molecule has 5 heteroatoms. The Balaban J connectivity index is 2.02. The fourth-order valence-corrected chi connectivity index (χ4v) is 2.93. The number of aliphatic hydroxyl groups is 1. The molecule has 4 N–H and O–H groups in total. The summed E-state index contributed by atoms with van der Waals surface area (Å²) >= 11 is 0. The summed E-state index contributed by atoms with van der Waals surface area (Å²) in [5, 5.41) is 18.1. The molecule has 0 amide bonds. The molecule has 2 rings (SSSR count). The van der Waals surface area contributed by atoms with E-state index in [1.54, 1.807) is 4.68 Å². The Kier molecular flexibility index (Phi) is 3.52. The van der Waals surface area contributed by atoms with Crippen LogP contribution >= 0.6 is 0 Å². The molecule has 2 unspecified atom stereocenters. The number of hydrogen-bond acceptors (Lipinski definition) is 4. The standard InChI is InChI=1S/C13H24N4O/c1-9-5-4-6-13(18,7-9)8-15-12-11(14)10(2)16-17(12)3/h9,15,18H,4-8,14H2,1-3H3. The second-order valence-corrected chi connectivity index (χ2v) is 5.75. The quantitative estimate of drug-likeness (QED) is 0.764. The summed E-state index contributed by atoms with van der Waals surface area (Å²) in [5.41, 5.74) is 6.85. The molecule has 0 radical (unpaired) electrons. The Morgan fingerprint density at radius 1 is 1.61 bits per heavy atom. The lowest BCUT2D eigenvalue weighted by atomic mass is 9.79. The van der Waals surface area contributed by atoms with Crippen LogP contribution in [0.15, 0.2) is 0 Å². The van der Waals surface area contributed by atoms with E-state index in [1.807, 2.05) is 14.0 Å². The lowest BCUT2D eigenvalue weighted by Crippen LogP contribution is -2.41. The Morgan fingerprint density at radius 3 is 2.89 bits per heavy atom. The van der Waals surface area contributed by atoms with Crippen molar-refractivity contribution in [1.82, 2.24) is 9.78 Å². The number of nitrogens with zero attached hydrogens (tertiary/aromatic N) is 2. The van der Waals surface area contributed by atoms with Crippen molar-refractivity contribution in [1.29, 1.82) is 0 Å². The van der Waals surface area contributed by atoms with Crippen LogP contribution in [0.1, 0.15) is 38.3 Å². The summed E-state index contributed by atoms with van der Waals surface area (Å²) in [6.45, 7) is 4.63. The zero-order valence-corrected chi connectivity index (χ0v) is 11.5. The van der Waals surface area contributed by atoms with E-state index >= 15 is 0 Å². The van der Waals surface area contributed by atoms with Crippen molar-refractivity contribution in [3.05, 3.63) is 5.69 Å². The van der Waals surface area contributed by atoms with Gasteiger partial charge < -0.3 is 16.2 Å². The number of nitrogen functional groups attached to an aromatic ring is 1. The first-order valence-corrected chi connectivity index (χ1v) is 6.66. The maximum atomic E-state index is 10.6. The van der Waals surface area contributed by atoms with Crippen LogP contribution in [-0.4, -0.2) is 27.0 Å². The number of aryl methyl sites for hydroxylation is 2. The summed E-state index contributed by atoms with van der Waals surface area (Å²) < 4.78 is 1.74. The van der Waals surface area contributed by atoms with Gasteiger partial charge in [0.2, 0.25) is 0 Å². The Morgan fingerprint density at radius 2 is 2.33 bits per heavy atom. The molecule has 0 aromatic carbocycles. The molecule has 0 spiro atoms. The van der Waals surface area contributed by atoms with Crippen molar-refractivity contribution in [3.63, 3.8) is 0 Å². The third-order valence-corrected chi connectivity index (χ3v) is 3.92. The maximum absolute atomic E-state index is 10.6. The third-order valence-electron chi connectivity index (χ3n) is 3.92. The summed E-state index contributed by atoms with van der Waals surface area (Å²) in [6, 6.07) is 0. The lowest BCUT2D eigenvalue weighted by Gasteiger charge is -2.35. The SMILES string of the molecule is Cc1nn(C)c(NCC2(O)CCCC(C)C2)c1N. The molecule has 1 fully saturated rings. The van der Waals surface area contributed by atoms with Crippen LogP contribution in [0.4, 0.5) is 11.5 Å². The number of anilines is 2. The molecular weight excluding hydrogens is 228 g/mol. The predicted octanol–water partition coefficient (Wildman–Crippen LogP) is 1.66. The first kappa shape index (κ1) is 13.2. The van der Waals surface area contributed by atoms with Gasteiger partial charge in [-0.2, -0.15) is 5.10 Å². The number of nitrogens with two attached hydrogens (primary N) is 1. The third kappa shape index (κ3) is 2.61. The van der Waals surface area contributed by atoms with Crippen molar-refractivity contribution in [2.24, 2.45) is 13.0 Å². The summed E-state index contributed by atoms with van der Waals surface area (Å²) in [7, 11) is 1.86. The summed E-state index contributed by atoms with van der Waals surface area (Å²) in [6.07, 6.45) is 4.03. The van der Waals surface area contributed by atoms with Crippen LogP contribution < -0.4 is 11.1 Å². The Labute approximate surface area is 108 Å². The topological polar surface area (TPSA) is 76.1 Å². The van der Waals surface area contributed by atoms with Gasteiger partial charge in [0.1, 0.15) is 5.82 Å². The van der Waals surface area contributed by atoms with E-state index in [1.165, 1.54) is 6.42 Å². The van der Waals surface area contributed by atoms with Gasteiger partial charge in [-0.05, 0) is 25.7 Å². The van der Waals surface area contributed by atoms with E-state index in [-0.39, 0.29) is 0 Å². The number of nitrogens with one attached hydrogen (secondary N) is 1. The molecule has 1 heterocycles. The maximum Gasteiger partial charge on any atom is 0.147 e. The fourth-order valence-electron chi connectivity index (χ4n) is 2.93. The van der Waals surface area contributed by atoms with Crippen LogP contribution in [-0.2, 0) is 7.05 Å². The predicted molar refractivity (Wildman–Crippen MR) is 73.4 cm³/mol. The minimum absolute atomic E-state index is 0.542. The van der Waals surface area contributed by atoms with Gasteiger partial charge in [-0.1, -0.05) is 19.8 Å². The number of aromatic nitrogens is 2. The molecule has 5 nitrogen and oxygen atoms in total. The van der Waals surface area contributed by atoms with Crippen LogP contribution in [0.3, 0.4) is 0 Å². The van der Waals surface area contributed by atoms with Gasteiger partial charge in [-0.25, -0.2) is 0 Å². The minimum atomic E-state index is -0.609. The normalized spacial score (nSPS) is 28.3. The van der Waals surface area contributed by atoms with Crippen molar-refractivity contribution >= 4 is 11.5 Å². The van der Waals surface area contributed by atoms with Gasteiger partial charge in [0, 0.05) is 13.6 Å². The first-order valence-electron chi connectivity index (χ1n) is 6.66. The second-order valence-electron chi connectivity index (χ2n) is 5.75. The average Bonchev–Trinajstić information content (AvgIpc) is 2.51. The molecule has 102 valence electrons. The highest BCUT2D eigenvalue weighted by atomic mass is 16.3. The Bertz CT molecular complexity index is 429.